The molecule has 0 spiro atoms. The van der Waals surface area contributed by atoms with Gasteiger partial charge in [0.2, 0.25) is 10.0 Å². The number of nitrogens with zero attached hydrogens (tertiary/aromatic N) is 1. The third-order valence-electron chi connectivity index (χ3n) is 3.18. The van der Waals surface area contributed by atoms with Crippen molar-refractivity contribution in [2.45, 2.75) is 13.3 Å². The minimum atomic E-state index is -3.30. The first-order valence-electron chi connectivity index (χ1n) is 6.99. The predicted octanol–water partition coefficient (Wildman–Crippen LogP) is 1.31. The van der Waals surface area contributed by atoms with Gasteiger partial charge in [0.05, 0.1) is 19.0 Å². The lowest BCUT2D eigenvalue weighted by atomic mass is 10.2. The van der Waals surface area contributed by atoms with E-state index in [1.54, 1.807) is 29.2 Å². The first kappa shape index (κ1) is 15.8. The molecule has 0 bridgehead atoms. The van der Waals surface area contributed by atoms with Crippen molar-refractivity contribution in [2.24, 2.45) is 0 Å². The zero-order valence-electron chi connectivity index (χ0n) is 12.0. The molecule has 116 valence electrons. The highest BCUT2D eigenvalue weighted by Gasteiger charge is 2.18. The van der Waals surface area contributed by atoms with Gasteiger partial charge in [-0.25, -0.2) is 8.42 Å². The molecule has 1 N–H and O–H groups in total. The number of nitrogens with one attached hydrogen (secondary N) is 1. The molecular weight excluding hydrogens is 292 g/mol. The third-order valence-corrected chi connectivity index (χ3v) is 4.67. The number of anilines is 1. The summed E-state index contributed by atoms with van der Waals surface area (Å²) in [5, 5.41) is 0. The fourth-order valence-electron chi connectivity index (χ4n) is 2.13. The highest BCUT2D eigenvalue weighted by molar-refractivity contribution is 7.92. The maximum atomic E-state index is 12.2. The molecule has 2 rings (SSSR count). The van der Waals surface area contributed by atoms with Gasteiger partial charge in [0.15, 0.2) is 0 Å². The second kappa shape index (κ2) is 6.91. The van der Waals surface area contributed by atoms with Gasteiger partial charge in [-0.1, -0.05) is 6.92 Å². The second-order valence-electron chi connectivity index (χ2n) is 4.90. The Bertz CT molecular complexity index is 577. The van der Waals surface area contributed by atoms with Gasteiger partial charge < -0.3 is 9.64 Å². The predicted molar refractivity (Wildman–Crippen MR) is 80.9 cm³/mol. The summed E-state index contributed by atoms with van der Waals surface area (Å²) in [6, 6.07) is 6.50. The zero-order chi connectivity index (χ0) is 15.3. The Kier molecular flexibility index (Phi) is 5.19. The summed E-state index contributed by atoms with van der Waals surface area (Å²) in [4.78, 5) is 14.0. The molecule has 1 fully saturated rings. The number of carbonyl (C=O) groups is 1. The van der Waals surface area contributed by atoms with Crippen LogP contribution in [0.5, 0.6) is 0 Å². The molecule has 0 aliphatic carbocycles. The molecule has 6 nitrogen and oxygen atoms in total. The third kappa shape index (κ3) is 4.44. The van der Waals surface area contributed by atoms with Crippen molar-refractivity contribution in [1.29, 1.82) is 0 Å². The van der Waals surface area contributed by atoms with Gasteiger partial charge in [0, 0.05) is 24.3 Å². The molecule has 1 aliphatic rings. The van der Waals surface area contributed by atoms with E-state index in [9.17, 15) is 13.2 Å². The lowest BCUT2D eigenvalue weighted by Crippen LogP contribution is -2.40. The number of carbonyl (C=O) groups excluding carboxylic acids is 1. The number of rotatable bonds is 5. The fraction of sp³-hybridized carbons (Fsp3) is 0.500. The van der Waals surface area contributed by atoms with Crippen LogP contribution in [0.15, 0.2) is 24.3 Å². The number of hydrogen-bond donors (Lipinski definition) is 1. The van der Waals surface area contributed by atoms with Crippen LogP contribution >= 0.6 is 0 Å². The van der Waals surface area contributed by atoms with Gasteiger partial charge in [-0.05, 0) is 30.7 Å². The van der Waals surface area contributed by atoms with Gasteiger partial charge >= 0.3 is 0 Å². The van der Waals surface area contributed by atoms with Crippen LogP contribution in [0.2, 0.25) is 0 Å². The molecule has 1 saturated heterocycles. The number of morpholine rings is 1. The summed E-state index contributed by atoms with van der Waals surface area (Å²) in [6.45, 7) is 4.10. The van der Waals surface area contributed by atoms with Crippen LogP contribution in [0.25, 0.3) is 0 Å². The SMILES string of the molecule is CCCS(=O)(=O)Nc1ccc(C(=O)N2CCOCC2)cc1. The molecule has 1 aromatic rings. The molecule has 0 saturated carbocycles. The van der Waals surface area contributed by atoms with Gasteiger partial charge in [0.1, 0.15) is 0 Å². The molecule has 7 heteroatoms. The van der Waals surface area contributed by atoms with E-state index in [1.165, 1.54) is 0 Å². The van der Waals surface area contributed by atoms with E-state index < -0.39 is 10.0 Å². The Labute approximate surface area is 125 Å². The Morgan fingerprint density at radius 3 is 2.43 bits per heavy atom. The van der Waals surface area contributed by atoms with Crippen LogP contribution in [-0.4, -0.2) is 51.3 Å². The largest absolute Gasteiger partial charge is 0.378 e. The standard InChI is InChI=1S/C14H20N2O4S/c1-2-11-21(18,19)15-13-5-3-12(4-6-13)14(17)16-7-9-20-10-8-16/h3-6,15H,2,7-11H2,1H3. The second-order valence-corrected chi connectivity index (χ2v) is 6.74. The summed E-state index contributed by atoms with van der Waals surface area (Å²) in [5.41, 5.74) is 1.03. The number of hydrogen-bond acceptors (Lipinski definition) is 4. The van der Waals surface area contributed by atoms with Crippen LogP contribution in [0, 0.1) is 0 Å². The van der Waals surface area contributed by atoms with Crippen LogP contribution in [0.3, 0.4) is 0 Å². The van der Waals surface area contributed by atoms with E-state index in [0.29, 0.717) is 44.0 Å². The topological polar surface area (TPSA) is 75.7 Å². The fourth-order valence-corrected chi connectivity index (χ4v) is 3.26. The minimum absolute atomic E-state index is 0.0544. The van der Waals surface area contributed by atoms with Crippen molar-refractivity contribution in [1.82, 2.24) is 4.90 Å². The molecule has 1 aliphatic heterocycles. The molecule has 1 aromatic carbocycles. The van der Waals surface area contributed by atoms with Crippen LogP contribution in [0.1, 0.15) is 23.7 Å². The first-order valence-corrected chi connectivity index (χ1v) is 8.64. The van der Waals surface area contributed by atoms with E-state index in [-0.39, 0.29) is 11.7 Å². The van der Waals surface area contributed by atoms with Crippen molar-refractivity contribution >= 4 is 21.6 Å². The van der Waals surface area contributed by atoms with Crippen LogP contribution in [-0.2, 0) is 14.8 Å². The van der Waals surface area contributed by atoms with E-state index >= 15 is 0 Å². The number of benzene rings is 1. The van der Waals surface area contributed by atoms with Crippen molar-refractivity contribution in [3.05, 3.63) is 29.8 Å². The maximum absolute atomic E-state index is 12.2. The summed E-state index contributed by atoms with van der Waals surface area (Å²) in [6.07, 6.45) is 0.558. The molecule has 0 atom stereocenters. The monoisotopic (exact) mass is 312 g/mol. The molecule has 0 aromatic heterocycles. The van der Waals surface area contributed by atoms with Crippen molar-refractivity contribution in [3.63, 3.8) is 0 Å². The van der Waals surface area contributed by atoms with Gasteiger partial charge in [-0.2, -0.15) is 0 Å². The summed E-state index contributed by atoms with van der Waals surface area (Å²) in [5.74, 6) is 0.0304. The Hall–Kier alpha value is -1.60. The maximum Gasteiger partial charge on any atom is 0.254 e. The first-order chi connectivity index (χ1) is 10.0. The Morgan fingerprint density at radius 2 is 1.86 bits per heavy atom. The lowest BCUT2D eigenvalue weighted by molar-refractivity contribution is 0.0303. The lowest BCUT2D eigenvalue weighted by Gasteiger charge is -2.26. The zero-order valence-corrected chi connectivity index (χ0v) is 12.9. The van der Waals surface area contributed by atoms with Gasteiger partial charge in [0.25, 0.3) is 5.91 Å². The Morgan fingerprint density at radius 1 is 1.24 bits per heavy atom. The van der Waals surface area contributed by atoms with Crippen molar-refractivity contribution in [2.75, 3.05) is 36.8 Å². The number of sulfonamides is 1. The van der Waals surface area contributed by atoms with Gasteiger partial charge in [-0.3, -0.25) is 9.52 Å². The molecule has 0 unspecified atom stereocenters. The summed E-state index contributed by atoms with van der Waals surface area (Å²) < 4.78 is 31.0. The minimum Gasteiger partial charge on any atom is -0.378 e. The highest BCUT2D eigenvalue weighted by Crippen LogP contribution is 2.14. The van der Waals surface area contributed by atoms with E-state index in [1.807, 2.05) is 6.92 Å². The van der Waals surface area contributed by atoms with E-state index in [0.717, 1.165) is 0 Å². The molecular formula is C14H20N2O4S. The highest BCUT2D eigenvalue weighted by atomic mass is 32.2. The molecule has 21 heavy (non-hydrogen) atoms. The van der Waals surface area contributed by atoms with E-state index in [2.05, 4.69) is 4.72 Å². The smallest absolute Gasteiger partial charge is 0.254 e. The molecule has 1 heterocycles. The summed E-state index contributed by atoms with van der Waals surface area (Å²) in [7, 11) is -3.30. The van der Waals surface area contributed by atoms with Crippen LogP contribution < -0.4 is 4.72 Å². The van der Waals surface area contributed by atoms with Gasteiger partial charge in [-0.15, -0.1) is 0 Å². The van der Waals surface area contributed by atoms with Crippen molar-refractivity contribution in [3.8, 4) is 0 Å². The average Bonchev–Trinajstić information content (AvgIpc) is 2.48. The Balaban J connectivity index is 2.03. The average molecular weight is 312 g/mol. The van der Waals surface area contributed by atoms with Crippen LogP contribution in [0.4, 0.5) is 5.69 Å². The number of amides is 1. The summed E-state index contributed by atoms with van der Waals surface area (Å²) >= 11 is 0. The molecule has 1 amide bonds. The number of ether oxygens (including phenoxy) is 1. The quantitative estimate of drug-likeness (QED) is 0.889. The van der Waals surface area contributed by atoms with E-state index in [4.69, 9.17) is 4.74 Å². The van der Waals surface area contributed by atoms with Crippen molar-refractivity contribution < 1.29 is 17.9 Å². The molecule has 0 radical (unpaired) electrons. The normalized spacial score (nSPS) is 15.8.